The summed E-state index contributed by atoms with van der Waals surface area (Å²) >= 11 is 5.28. The maximum atomic E-state index is 5.28. The van der Waals surface area contributed by atoms with Crippen molar-refractivity contribution in [2.45, 2.75) is 13.3 Å². The van der Waals surface area contributed by atoms with Gasteiger partial charge in [0.1, 0.15) is 5.69 Å². The molecule has 1 aliphatic heterocycles. The molecule has 1 aromatic rings. The summed E-state index contributed by atoms with van der Waals surface area (Å²) in [6, 6.07) is 0. The smallest absolute Gasteiger partial charge is 0.102 e. The average Bonchev–Trinajstić information content (AvgIpc) is 2.25. The highest BCUT2D eigenvalue weighted by molar-refractivity contribution is 7.80. The van der Waals surface area contributed by atoms with Crippen LogP contribution in [0.1, 0.15) is 19.0 Å². The number of hydrogen-bond acceptors (Lipinski definition) is 4. The van der Waals surface area contributed by atoms with Gasteiger partial charge in [0.2, 0.25) is 0 Å². The highest BCUT2D eigenvalue weighted by Gasteiger charge is 2.16. The van der Waals surface area contributed by atoms with Crippen molar-refractivity contribution in [2.75, 3.05) is 19.6 Å². The van der Waals surface area contributed by atoms with E-state index in [9.17, 15) is 0 Å². The third-order valence-corrected chi connectivity index (χ3v) is 2.98. The van der Waals surface area contributed by atoms with Crippen LogP contribution in [0.2, 0.25) is 0 Å². The fraction of sp³-hybridized carbons (Fsp3) is 0.455. The number of likely N-dealkylation sites (tertiary alicyclic amines) is 1. The van der Waals surface area contributed by atoms with Crippen LogP contribution < -0.4 is 0 Å². The monoisotopic (exact) mass is 234 g/mol. The second-order valence-corrected chi connectivity index (χ2v) is 4.20. The van der Waals surface area contributed by atoms with E-state index in [4.69, 9.17) is 12.2 Å². The molecule has 2 heterocycles. The van der Waals surface area contributed by atoms with E-state index >= 15 is 0 Å². The summed E-state index contributed by atoms with van der Waals surface area (Å²) in [4.78, 5) is 15.7. The molecule has 0 unspecified atom stereocenters. The van der Waals surface area contributed by atoms with Gasteiger partial charge in [-0.2, -0.15) is 0 Å². The molecule has 1 aromatic heterocycles. The van der Waals surface area contributed by atoms with E-state index in [2.05, 4.69) is 19.9 Å². The summed E-state index contributed by atoms with van der Waals surface area (Å²) in [5.74, 6) is 0. The van der Waals surface area contributed by atoms with Crippen LogP contribution in [0, 0.1) is 0 Å². The van der Waals surface area contributed by atoms with Crippen LogP contribution in [0.5, 0.6) is 0 Å². The van der Waals surface area contributed by atoms with Crippen molar-refractivity contribution < 1.29 is 0 Å². The Morgan fingerprint density at radius 2 is 2.31 bits per heavy atom. The van der Waals surface area contributed by atoms with Crippen LogP contribution >= 0.6 is 12.2 Å². The third kappa shape index (κ3) is 2.61. The van der Waals surface area contributed by atoms with Crippen molar-refractivity contribution in [1.82, 2.24) is 14.9 Å². The van der Waals surface area contributed by atoms with Crippen molar-refractivity contribution >= 4 is 22.9 Å². The minimum Gasteiger partial charge on any atom is -0.364 e. The molecule has 0 aliphatic carbocycles. The molecule has 0 amide bonds. The van der Waals surface area contributed by atoms with Gasteiger partial charge in [0.25, 0.3) is 0 Å². The molecule has 0 aromatic carbocycles. The van der Waals surface area contributed by atoms with Crippen LogP contribution in [0.4, 0.5) is 0 Å². The molecular weight excluding hydrogens is 220 g/mol. The van der Waals surface area contributed by atoms with E-state index in [0.29, 0.717) is 6.54 Å². The first kappa shape index (κ1) is 11.1. The molecule has 0 atom stereocenters. The van der Waals surface area contributed by atoms with Gasteiger partial charge < -0.3 is 4.90 Å². The topological polar surface area (TPSA) is 41.4 Å². The Kier molecular flexibility index (Phi) is 3.56. The lowest BCUT2D eigenvalue weighted by atomic mass is 10.2. The second kappa shape index (κ2) is 5.12. The highest BCUT2D eigenvalue weighted by atomic mass is 32.1. The van der Waals surface area contributed by atoms with Gasteiger partial charge in [-0.25, -0.2) is 0 Å². The van der Waals surface area contributed by atoms with Crippen LogP contribution in [0.15, 0.2) is 23.6 Å². The van der Waals surface area contributed by atoms with Crippen molar-refractivity contribution in [3.63, 3.8) is 0 Å². The summed E-state index contributed by atoms with van der Waals surface area (Å²) in [7, 11) is 0. The quantitative estimate of drug-likeness (QED) is 0.584. The van der Waals surface area contributed by atoms with Crippen molar-refractivity contribution in [1.29, 1.82) is 0 Å². The number of thiocarbonyl (C=S) groups is 1. The molecule has 0 bridgehead atoms. The van der Waals surface area contributed by atoms with Gasteiger partial charge in [-0.15, -0.1) is 0 Å². The van der Waals surface area contributed by atoms with E-state index in [0.717, 1.165) is 29.5 Å². The Hall–Kier alpha value is -1.36. The van der Waals surface area contributed by atoms with E-state index in [1.165, 1.54) is 6.42 Å². The Labute approximate surface area is 100 Å². The molecule has 16 heavy (non-hydrogen) atoms. The van der Waals surface area contributed by atoms with Crippen molar-refractivity contribution in [2.24, 2.45) is 4.99 Å². The van der Waals surface area contributed by atoms with Gasteiger partial charge in [-0.1, -0.05) is 12.2 Å². The molecule has 0 spiro atoms. The molecule has 1 aliphatic rings. The minimum absolute atomic E-state index is 0.581. The van der Waals surface area contributed by atoms with Crippen LogP contribution in [-0.4, -0.2) is 45.2 Å². The maximum absolute atomic E-state index is 5.28. The predicted molar refractivity (Wildman–Crippen MR) is 67.9 cm³/mol. The average molecular weight is 234 g/mol. The summed E-state index contributed by atoms with van der Waals surface area (Å²) in [5.41, 5.74) is 1.70. The maximum Gasteiger partial charge on any atom is 0.102 e. The zero-order valence-electron chi connectivity index (χ0n) is 9.26. The van der Waals surface area contributed by atoms with Gasteiger partial charge in [0, 0.05) is 25.5 Å². The zero-order valence-corrected chi connectivity index (χ0v) is 10.1. The lowest BCUT2D eigenvalue weighted by Crippen LogP contribution is -2.42. The van der Waals surface area contributed by atoms with Crippen molar-refractivity contribution in [3.05, 3.63) is 24.3 Å². The predicted octanol–water partition coefficient (Wildman–Crippen LogP) is 1.32. The van der Waals surface area contributed by atoms with E-state index < -0.39 is 0 Å². The molecule has 0 saturated carbocycles. The fourth-order valence-electron chi connectivity index (χ4n) is 1.42. The molecule has 0 N–H and O–H groups in total. The normalized spacial score (nSPS) is 15.8. The van der Waals surface area contributed by atoms with Gasteiger partial charge in [-0.3, -0.25) is 15.0 Å². The Morgan fingerprint density at radius 1 is 1.50 bits per heavy atom. The van der Waals surface area contributed by atoms with Gasteiger partial charge in [0.05, 0.1) is 23.4 Å². The van der Waals surface area contributed by atoms with Crippen LogP contribution in [0.3, 0.4) is 0 Å². The number of aromatic nitrogens is 2. The standard InChI is InChI=1S/C11H14N4S/c1-9(10-7-12-3-4-13-10)14-8-11(16)15-5-2-6-15/h3-4,7H,2,5-6,8H2,1H3. The fourth-order valence-corrected chi connectivity index (χ4v) is 1.67. The first-order valence-corrected chi connectivity index (χ1v) is 5.73. The molecular formula is C11H14N4S. The van der Waals surface area contributed by atoms with Gasteiger partial charge in [-0.05, 0) is 13.3 Å². The lowest BCUT2D eigenvalue weighted by molar-refractivity contribution is 0.302. The number of nitrogens with zero attached hydrogens (tertiary/aromatic N) is 4. The Bertz CT molecular complexity index is 398. The number of hydrogen-bond donors (Lipinski definition) is 0. The van der Waals surface area contributed by atoms with Gasteiger partial charge in [0.15, 0.2) is 0 Å². The molecule has 5 heteroatoms. The van der Waals surface area contributed by atoms with Gasteiger partial charge >= 0.3 is 0 Å². The largest absolute Gasteiger partial charge is 0.364 e. The summed E-state index contributed by atoms with van der Waals surface area (Å²) in [5, 5.41) is 0. The summed E-state index contributed by atoms with van der Waals surface area (Å²) in [6.07, 6.45) is 6.28. The molecule has 0 radical (unpaired) electrons. The Morgan fingerprint density at radius 3 is 2.88 bits per heavy atom. The second-order valence-electron chi connectivity index (χ2n) is 3.73. The van der Waals surface area contributed by atoms with Crippen LogP contribution in [-0.2, 0) is 0 Å². The molecule has 1 fully saturated rings. The summed E-state index contributed by atoms with van der Waals surface area (Å²) < 4.78 is 0. The number of aliphatic imine (C=N–C) groups is 1. The molecule has 1 saturated heterocycles. The molecule has 84 valence electrons. The first-order valence-electron chi connectivity index (χ1n) is 5.32. The lowest BCUT2D eigenvalue weighted by Gasteiger charge is -2.32. The third-order valence-electron chi connectivity index (χ3n) is 2.59. The first-order chi connectivity index (χ1) is 7.77. The molecule has 2 rings (SSSR count). The zero-order chi connectivity index (χ0) is 11.4. The number of rotatable bonds is 3. The van der Waals surface area contributed by atoms with E-state index in [-0.39, 0.29) is 0 Å². The Balaban J connectivity index is 1.94. The highest BCUT2D eigenvalue weighted by Crippen LogP contribution is 2.07. The van der Waals surface area contributed by atoms with Crippen LogP contribution in [0.25, 0.3) is 0 Å². The SMILES string of the molecule is CC(=NCC(=S)N1CCC1)c1cnccn1. The minimum atomic E-state index is 0.581. The van der Waals surface area contributed by atoms with E-state index in [1.54, 1.807) is 18.6 Å². The molecule has 4 nitrogen and oxygen atoms in total. The summed E-state index contributed by atoms with van der Waals surface area (Å²) in [6.45, 7) is 4.68. The van der Waals surface area contributed by atoms with E-state index in [1.807, 2.05) is 6.92 Å². The van der Waals surface area contributed by atoms with Crippen molar-refractivity contribution in [3.8, 4) is 0 Å².